The first-order valence-corrected chi connectivity index (χ1v) is 8.16. The van der Waals surface area contributed by atoms with Gasteiger partial charge in [0.1, 0.15) is 0 Å². The third kappa shape index (κ3) is 3.65. The number of likely N-dealkylation sites (tertiary alicyclic amines) is 1. The molecule has 0 aromatic carbocycles. The van der Waals surface area contributed by atoms with Crippen molar-refractivity contribution in [3.8, 4) is 0 Å². The standard InChI is InChI=1S/C17H25N3O2/c1-12(2)7-19-17(21)15-6-14-10-20(11-16(15)22-14)9-13-4-3-5-18-8-13/h3-5,8,12,14-16H,6-7,9-11H2,1-2H3,(H,19,21)/t14-,15-,16-/m0/s1. The maximum atomic E-state index is 12.3. The maximum absolute atomic E-state index is 12.3. The van der Waals surface area contributed by atoms with E-state index in [0.29, 0.717) is 5.92 Å². The van der Waals surface area contributed by atoms with E-state index in [1.165, 1.54) is 5.56 Å². The number of hydrogen-bond acceptors (Lipinski definition) is 4. The fraction of sp³-hybridized carbons (Fsp3) is 0.647. The predicted octanol–water partition coefficient (Wildman–Crippen LogP) is 1.44. The van der Waals surface area contributed by atoms with Crippen molar-refractivity contribution in [1.29, 1.82) is 0 Å². The number of fused-ring (bicyclic) bond motifs is 2. The monoisotopic (exact) mass is 303 g/mol. The van der Waals surface area contributed by atoms with Crippen LogP contribution in [0.1, 0.15) is 25.8 Å². The smallest absolute Gasteiger partial charge is 0.225 e. The number of carbonyl (C=O) groups is 1. The first kappa shape index (κ1) is 15.4. The molecule has 3 rings (SSSR count). The number of nitrogens with zero attached hydrogens (tertiary/aromatic N) is 2. The lowest BCUT2D eigenvalue weighted by atomic mass is 9.99. The van der Waals surface area contributed by atoms with Gasteiger partial charge in [0.15, 0.2) is 0 Å². The Kier molecular flexibility index (Phi) is 4.74. The SMILES string of the molecule is CC(C)CNC(=O)[C@H]1C[C@H]2CN(Cc3cccnc3)C[C@@H]1O2. The Morgan fingerprint density at radius 2 is 2.36 bits per heavy atom. The first-order chi connectivity index (χ1) is 10.6. The molecule has 3 heterocycles. The van der Waals surface area contributed by atoms with E-state index in [9.17, 15) is 4.79 Å². The summed E-state index contributed by atoms with van der Waals surface area (Å²) in [6.45, 7) is 7.57. The summed E-state index contributed by atoms with van der Waals surface area (Å²) in [6.07, 6.45) is 4.76. The molecule has 0 aliphatic carbocycles. The van der Waals surface area contributed by atoms with E-state index in [2.05, 4.69) is 35.1 Å². The van der Waals surface area contributed by atoms with Gasteiger partial charge < -0.3 is 10.1 Å². The lowest BCUT2D eigenvalue weighted by Gasteiger charge is -2.32. The maximum Gasteiger partial charge on any atom is 0.225 e. The number of hydrogen-bond donors (Lipinski definition) is 1. The Morgan fingerprint density at radius 1 is 1.50 bits per heavy atom. The highest BCUT2D eigenvalue weighted by atomic mass is 16.5. The number of ether oxygens (including phenoxy) is 1. The summed E-state index contributed by atoms with van der Waals surface area (Å²) in [5, 5.41) is 3.05. The first-order valence-electron chi connectivity index (χ1n) is 8.16. The Hall–Kier alpha value is -1.46. The van der Waals surface area contributed by atoms with Crippen LogP contribution in [0.25, 0.3) is 0 Å². The van der Waals surface area contributed by atoms with Crippen LogP contribution < -0.4 is 5.32 Å². The van der Waals surface area contributed by atoms with Crippen LogP contribution in [0.3, 0.4) is 0 Å². The molecule has 5 nitrogen and oxygen atoms in total. The third-order valence-electron chi connectivity index (χ3n) is 4.38. The normalized spacial score (nSPS) is 28.0. The molecule has 0 radical (unpaired) electrons. The van der Waals surface area contributed by atoms with Crippen LogP contribution in [0.5, 0.6) is 0 Å². The van der Waals surface area contributed by atoms with E-state index in [4.69, 9.17) is 4.74 Å². The molecule has 1 aromatic rings. The summed E-state index contributed by atoms with van der Waals surface area (Å²) >= 11 is 0. The van der Waals surface area contributed by atoms with Gasteiger partial charge in [-0.2, -0.15) is 0 Å². The average molecular weight is 303 g/mol. The topological polar surface area (TPSA) is 54.5 Å². The highest BCUT2D eigenvalue weighted by Gasteiger charge is 2.44. The largest absolute Gasteiger partial charge is 0.371 e. The van der Waals surface area contributed by atoms with Gasteiger partial charge in [-0.1, -0.05) is 19.9 Å². The molecule has 2 fully saturated rings. The second-order valence-corrected chi connectivity index (χ2v) is 6.83. The number of carbonyl (C=O) groups excluding carboxylic acids is 1. The van der Waals surface area contributed by atoms with Crippen LogP contribution in [-0.4, -0.2) is 47.6 Å². The third-order valence-corrected chi connectivity index (χ3v) is 4.38. The van der Waals surface area contributed by atoms with Crippen LogP contribution in [0.2, 0.25) is 0 Å². The quantitative estimate of drug-likeness (QED) is 0.894. The Morgan fingerprint density at radius 3 is 3.09 bits per heavy atom. The molecular formula is C17H25N3O2. The summed E-state index contributed by atoms with van der Waals surface area (Å²) in [4.78, 5) is 18.9. The summed E-state index contributed by atoms with van der Waals surface area (Å²) in [5.41, 5.74) is 1.21. The molecule has 2 bridgehead atoms. The zero-order valence-electron chi connectivity index (χ0n) is 13.4. The van der Waals surface area contributed by atoms with Crippen LogP contribution >= 0.6 is 0 Å². The molecule has 1 N–H and O–H groups in total. The fourth-order valence-electron chi connectivity index (χ4n) is 3.33. The minimum Gasteiger partial charge on any atom is -0.371 e. The highest BCUT2D eigenvalue weighted by Crippen LogP contribution is 2.32. The summed E-state index contributed by atoms with van der Waals surface area (Å²) in [5.74, 6) is 0.639. The molecule has 1 amide bonds. The molecule has 2 aliphatic heterocycles. The molecule has 1 aromatic heterocycles. The molecule has 2 saturated heterocycles. The van der Waals surface area contributed by atoms with E-state index in [0.717, 1.165) is 32.6 Å². The fourth-order valence-corrected chi connectivity index (χ4v) is 3.33. The van der Waals surface area contributed by atoms with Gasteiger partial charge in [-0.3, -0.25) is 14.7 Å². The second kappa shape index (κ2) is 6.75. The van der Waals surface area contributed by atoms with Gasteiger partial charge in [0.2, 0.25) is 5.91 Å². The number of aromatic nitrogens is 1. The van der Waals surface area contributed by atoms with Crippen LogP contribution in [0.15, 0.2) is 24.5 Å². The molecule has 3 atom stereocenters. The molecule has 0 spiro atoms. The van der Waals surface area contributed by atoms with Gasteiger partial charge in [-0.05, 0) is 24.0 Å². The molecule has 5 heteroatoms. The van der Waals surface area contributed by atoms with Crippen LogP contribution in [0.4, 0.5) is 0 Å². The molecule has 2 aliphatic rings. The predicted molar refractivity (Wildman–Crippen MR) is 84.1 cm³/mol. The lowest BCUT2D eigenvalue weighted by molar-refractivity contribution is -0.128. The van der Waals surface area contributed by atoms with E-state index in [-0.39, 0.29) is 24.0 Å². The van der Waals surface area contributed by atoms with Crippen LogP contribution in [-0.2, 0) is 16.1 Å². The number of rotatable bonds is 5. The zero-order chi connectivity index (χ0) is 15.5. The van der Waals surface area contributed by atoms with Gasteiger partial charge in [-0.25, -0.2) is 0 Å². The summed E-state index contributed by atoms with van der Waals surface area (Å²) in [6, 6.07) is 4.06. The lowest BCUT2D eigenvalue weighted by Crippen LogP contribution is -2.45. The van der Waals surface area contributed by atoms with Gasteiger partial charge in [-0.15, -0.1) is 0 Å². The number of morpholine rings is 1. The Labute approximate surface area is 132 Å². The summed E-state index contributed by atoms with van der Waals surface area (Å²) in [7, 11) is 0. The van der Waals surface area contributed by atoms with Crippen molar-refractivity contribution in [1.82, 2.24) is 15.2 Å². The zero-order valence-corrected chi connectivity index (χ0v) is 13.4. The van der Waals surface area contributed by atoms with E-state index < -0.39 is 0 Å². The van der Waals surface area contributed by atoms with Crippen molar-refractivity contribution >= 4 is 5.91 Å². The van der Waals surface area contributed by atoms with Crippen molar-refractivity contribution in [2.75, 3.05) is 19.6 Å². The van der Waals surface area contributed by atoms with Gasteiger partial charge >= 0.3 is 0 Å². The Bertz CT molecular complexity index is 506. The highest BCUT2D eigenvalue weighted by molar-refractivity contribution is 5.79. The van der Waals surface area contributed by atoms with Crippen molar-refractivity contribution in [2.24, 2.45) is 11.8 Å². The summed E-state index contributed by atoms with van der Waals surface area (Å²) < 4.78 is 5.99. The molecular weight excluding hydrogens is 278 g/mol. The van der Waals surface area contributed by atoms with Crippen LogP contribution in [0, 0.1) is 11.8 Å². The average Bonchev–Trinajstić information content (AvgIpc) is 2.80. The Balaban J connectivity index is 1.56. The number of amides is 1. The number of pyridine rings is 1. The van der Waals surface area contributed by atoms with Crippen molar-refractivity contribution in [2.45, 2.75) is 39.0 Å². The van der Waals surface area contributed by atoms with Gasteiger partial charge in [0.05, 0.1) is 18.1 Å². The van der Waals surface area contributed by atoms with Crippen molar-refractivity contribution in [3.63, 3.8) is 0 Å². The molecule has 0 unspecified atom stereocenters. The minimum absolute atomic E-state index is 0.00245. The molecule has 120 valence electrons. The van der Waals surface area contributed by atoms with Gasteiger partial charge in [0.25, 0.3) is 0 Å². The molecule has 22 heavy (non-hydrogen) atoms. The number of nitrogens with one attached hydrogen (secondary N) is 1. The van der Waals surface area contributed by atoms with Gasteiger partial charge in [0, 0.05) is 38.6 Å². The van der Waals surface area contributed by atoms with Crippen molar-refractivity contribution in [3.05, 3.63) is 30.1 Å². The van der Waals surface area contributed by atoms with E-state index in [1.54, 1.807) is 6.20 Å². The van der Waals surface area contributed by atoms with Crippen molar-refractivity contribution < 1.29 is 9.53 Å². The molecule has 0 saturated carbocycles. The van der Waals surface area contributed by atoms with E-state index in [1.807, 2.05) is 12.3 Å². The van der Waals surface area contributed by atoms with E-state index >= 15 is 0 Å². The minimum atomic E-state index is 0.00245. The second-order valence-electron chi connectivity index (χ2n) is 6.83.